The van der Waals surface area contributed by atoms with Crippen molar-refractivity contribution in [1.82, 2.24) is 30.0 Å². The second-order valence-corrected chi connectivity index (χ2v) is 7.37. The summed E-state index contributed by atoms with van der Waals surface area (Å²) in [4.78, 5) is 6.86. The lowest BCUT2D eigenvalue weighted by molar-refractivity contribution is 0.205. The van der Waals surface area contributed by atoms with Crippen molar-refractivity contribution >= 4 is 10.9 Å². The van der Waals surface area contributed by atoms with E-state index in [2.05, 4.69) is 54.2 Å². The van der Waals surface area contributed by atoms with Crippen LogP contribution in [-0.2, 0) is 19.6 Å². The highest BCUT2D eigenvalue weighted by atomic mass is 15.3. The van der Waals surface area contributed by atoms with Crippen LogP contribution in [0, 0.1) is 0 Å². The minimum absolute atomic E-state index is 0.379. The number of piperidine rings is 1. The van der Waals surface area contributed by atoms with E-state index in [0.29, 0.717) is 6.04 Å². The molecular formula is C20H24N6. The minimum atomic E-state index is 0.379. The number of rotatable bonds is 3. The van der Waals surface area contributed by atoms with Gasteiger partial charge in [-0.15, -0.1) is 10.2 Å². The van der Waals surface area contributed by atoms with E-state index < -0.39 is 0 Å². The first-order chi connectivity index (χ1) is 12.9. The average Bonchev–Trinajstić information content (AvgIpc) is 3.12. The van der Waals surface area contributed by atoms with Gasteiger partial charge >= 0.3 is 0 Å². The molecule has 1 atom stereocenters. The van der Waals surface area contributed by atoms with E-state index in [-0.39, 0.29) is 0 Å². The molecule has 2 aliphatic rings. The minimum Gasteiger partial charge on any atom is -0.311 e. The fourth-order valence-corrected chi connectivity index (χ4v) is 4.18. The molecule has 2 aliphatic heterocycles. The molecule has 0 amide bonds. The molecule has 1 aromatic carbocycles. The summed E-state index contributed by atoms with van der Waals surface area (Å²) in [5, 5.41) is 13.8. The lowest BCUT2D eigenvalue weighted by atomic mass is 10.0. The van der Waals surface area contributed by atoms with Crippen molar-refractivity contribution in [1.29, 1.82) is 0 Å². The first-order valence-electron chi connectivity index (χ1n) is 9.58. The monoisotopic (exact) mass is 348 g/mol. The Labute approximate surface area is 153 Å². The van der Waals surface area contributed by atoms with Gasteiger partial charge in [0.15, 0.2) is 0 Å². The third-order valence-corrected chi connectivity index (χ3v) is 5.56. The molecule has 5 rings (SSSR count). The summed E-state index contributed by atoms with van der Waals surface area (Å²) in [7, 11) is 0. The first kappa shape index (κ1) is 15.9. The molecule has 0 radical (unpaired) electrons. The number of nitrogens with one attached hydrogen (secondary N) is 1. The van der Waals surface area contributed by atoms with Crippen molar-refractivity contribution in [2.75, 3.05) is 13.1 Å². The summed E-state index contributed by atoms with van der Waals surface area (Å²) in [5.41, 5.74) is 2.38. The lowest BCUT2D eigenvalue weighted by Gasteiger charge is -2.30. The van der Waals surface area contributed by atoms with Crippen LogP contribution in [0.2, 0.25) is 0 Å². The zero-order valence-electron chi connectivity index (χ0n) is 14.9. The molecule has 134 valence electrons. The van der Waals surface area contributed by atoms with Crippen LogP contribution < -0.4 is 5.32 Å². The molecule has 0 saturated carbocycles. The first-order valence-corrected chi connectivity index (χ1v) is 9.58. The molecule has 4 heterocycles. The van der Waals surface area contributed by atoms with Crippen molar-refractivity contribution in [3.8, 4) is 0 Å². The third-order valence-electron chi connectivity index (χ3n) is 5.56. The molecular weight excluding hydrogens is 324 g/mol. The molecule has 6 heteroatoms. The van der Waals surface area contributed by atoms with Crippen LogP contribution in [0.25, 0.3) is 10.9 Å². The Kier molecular flexibility index (Phi) is 4.15. The largest absolute Gasteiger partial charge is 0.311 e. The number of pyridine rings is 1. The summed E-state index contributed by atoms with van der Waals surface area (Å²) in [6.07, 6.45) is 5.57. The number of hydrogen-bond acceptors (Lipinski definition) is 5. The van der Waals surface area contributed by atoms with Crippen LogP contribution >= 0.6 is 0 Å². The Morgan fingerprint density at radius 3 is 3.04 bits per heavy atom. The Hall–Kier alpha value is -2.31. The van der Waals surface area contributed by atoms with Crippen LogP contribution in [-0.4, -0.2) is 37.7 Å². The highest BCUT2D eigenvalue weighted by Gasteiger charge is 2.26. The maximum atomic E-state index is 4.52. The van der Waals surface area contributed by atoms with Gasteiger partial charge < -0.3 is 9.88 Å². The van der Waals surface area contributed by atoms with Crippen molar-refractivity contribution in [3.05, 3.63) is 53.7 Å². The molecule has 6 nitrogen and oxygen atoms in total. The number of benzene rings is 1. The number of aromatic nitrogens is 4. The van der Waals surface area contributed by atoms with E-state index in [1.54, 1.807) is 0 Å². The van der Waals surface area contributed by atoms with Crippen LogP contribution in [0.1, 0.15) is 42.5 Å². The van der Waals surface area contributed by atoms with Crippen LogP contribution in [0.15, 0.2) is 36.5 Å². The highest BCUT2D eigenvalue weighted by molar-refractivity contribution is 5.78. The van der Waals surface area contributed by atoms with E-state index in [0.717, 1.165) is 49.9 Å². The number of hydrogen-bond donors (Lipinski definition) is 1. The quantitative estimate of drug-likeness (QED) is 0.788. The third kappa shape index (κ3) is 2.99. The highest BCUT2D eigenvalue weighted by Crippen LogP contribution is 2.25. The van der Waals surface area contributed by atoms with Crippen LogP contribution in [0.5, 0.6) is 0 Å². The van der Waals surface area contributed by atoms with Crippen molar-refractivity contribution in [2.45, 2.75) is 44.9 Å². The van der Waals surface area contributed by atoms with Crippen LogP contribution in [0.4, 0.5) is 0 Å². The molecule has 0 unspecified atom stereocenters. The predicted octanol–water partition coefficient (Wildman–Crippen LogP) is 2.66. The van der Waals surface area contributed by atoms with Gasteiger partial charge in [0, 0.05) is 31.2 Å². The van der Waals surface area contributed by atoms with Crippen LogP contribution in [0.3, 0.4) is 0 Å². The molecule has 2 aromatic heterocycles. The molecule has 0 bridgehead atoms. The summed E-state index contributed by atoms with van der Waals surface area (Å²) in [5.74, 6) is 2.23. The lowest BCUT2D eigenvalue weighted by Crippen LogP contribution is -2.36. The Balaban J connectivity index is 1.31. The molecule has 1 saturated heterocycles. The summed E-state index contributed by atoms with van der Waals surface area (Å²) in [6, 6.07) is 11.1. The normalized spacial score (nSPS) is 21.0. The van der Waals surface area contributed by atoms with Crippen molar-refractivity contribution in [3.63, 3.8) is 0 Å². The average molecular weight is 348 g/mol. The second-order valence-electron chi connectivity index (χ2n) is 7.37. The number of nitrogens with zero attached hydrogens (tertiary/aromatic N) is 5. The summed E-state index contributed by atoms with van der Waals surface area (Å²) >= 11 is 0. The summed E-state index contributed by atoms with van der Waals surface area (Å²) < 4.78 is 2.34. The Bertz CT molecular complexity index is 912. The van der Waals surface area contributed by atoms with E-state index in [1.807, 2.05) is 12.3 Å². The van der Waals surface area contributed by atoms with Gasteiger partial charge in [0.05, 0.1) is 18.1 Å². The van der Waals surface area contributed by atoms with Gasteiger partial charge in [0.25, 0.3) is 0 Å². The fourth-order valence-electron chi connectivity index (χ4n) is 4.18. The Morgan fingerprint density at radius 1 is 1.12 bits per heavy atom. The maximum Gasteiger partial charge on any atom is 0.150 e. The van der Waals surface area contributed by atoms with Gasteiger partial charge in [-0.05, 0) is 43.1 Å². The molecule has 0 spiro atoms. The molecule has 26 heavy (non-hydrogen) atoms. The molecule has 1 fully saturated rings. The van der Waals surface area contributed by atoms with Gasteiger partial charge in [-0.25, -0.2) is 0 Å². The topological polar surface area (TPSA) is 58.9 Å². The van der Waals surface area contributed by atoms with E-state index in [9.17, 15) is 0 Å². The zero-order chi connectivity index (χ0) is 17.3. The van der Waals surface area contributed by atoms with Gasteiger partial charge in [-0.2, -0.15) is 0 Å². The van der Waals surface area contributed by atoms with E-state index >= 15 is 0 Å². The van der Waals surface area contributed by atoms with Gasteiger partial charge in [-0.1, -0.05) is 18.6 Å². The fraction of sp³-hybridized carbons (Fsp3) is 0.450. The van der Waals surface area contributed by atoms with Gasteiger partial charge in [-0.3, -0.25) is 9.88 Å². The number of fused-ring (bicyclic) bond motifs is 2. The second kappa shape index (κ2) is 6.78. The van der Waals surface area contributed by atoms with Gasteiger partial charge in [0.2, 0.25) is 0 Å². The standard InChI is InChI=1S/C20H24N6/c1-2-8-22-18(5-1)20-24-23-19-14-25(10-11-26(19)20)13-15-6-7-17-16(12-15)4-3-9-21-17/h3-4,6-7,9,12,18,22H,1-2,5,8,10-11,13-14H2/t18-/m1/s1. The molecule has 0 aliphatic carbocycles. The van der Waals surface area contributed by atoms with Gasteiger partial charge in [0.1, 0.15) is 11.6 Å². The molecule has 1 N–H and O–H groups in total. The Morgan fingerprint density at radius 2 is 2.12 bits per heavy atom. The zero-order valence-corrected chi connectivity index (χ0v) is 14.9. The predicted molar refractivity (Wildman–Crippen MR) is 100 cm³/mol. The van der Waals surface area contributed by atoms with E-state index in [4.69, 9.17) is 0 Å². The summed E-state index contributed by atoms with van der Waals surface area (Å²) in [6.45, 7) is 4.91. The maximum absolute atomic E-state index is 4.52. The van der Waals surface area contributed by atoms with Crippen molar-refractivity contribution in [2.24, 2.45) is 0 Å². The van der Waals surface area contributed by atoms with E-state index in [1.165, 1.54) is 30.2 Å². The smallest absolute Gasteiger partial charge is 0.150 e. The SMILES string of the molecule is c1cnc2ccc(CN3CCn4c(nnc4[C@H]4CCCCN4)C3)cc2c1. The molecule has 3 aromatic rings. The van der Waals surface area contributed by atoms with Crippen molar-refractivity contribution < 1.29 is 0 Å².